The van der Waals surface area contributed by atoms with E-state index in [9.17, 15) is 14.0 Å². The maximum absolute atomic E-state index is 13.5. The van der Waals surface area contributed by atoms with Gasteiger partial charge in [0.2, 0.25) is 0 Å². The van der Waals surface area contributed by atoms with E-state index in [-0.39, 0.29) is 18.7 Å². The molecule has 0 spiro atoms. The maximum atomic E-state index is 13.5. The molecule has 6 nitrogen and oxygen atoms in total. The van der Waals surface area contributed by atoms with Crippen LogP contribution in [0.5, 0.6) is 0 Å². The molecule has 0 aliphatic rings. The zero-order valence-electron chi connectivity index (χ0n) is 13.8. The summed E-state index contributed by atoms with van der Waals surface area (Å²) in [4.78, 5) is 23.8. The van der Waals surface area contributed by atoms with Gasteiger partial charge in [-0.25, -0.2) is 14.0 Å². The third-order valence-electron chi connectivity index (χ3n) is 2.77. The molecule has 7 heteroatoms. The number of hydrogen-bond acceptors (Lipinski definition) is 5. The smallest absolute Gasteiger partial charge is 0.408 e. The molecule has 1 amide bonds. The number of hydrogen-bond donors (Lipinski definition) is 2. The van der Waals surface area contributed by atoms with Crippen molar-refractivity contribution in [3.8, 4) is 0 Å². The third-order valence-corrected chi connectivity index (χ3v) is 2.77. The number of amides is 1. The van der Waals surface area contributed by atoms with Crippen LogP contribution in [-0.2, 0) is 20.7 Å². The Bertz CT molecular complexity index is 570. The molecule has 0 saturated carbocycles. The Morgan fingerprint density at radius 1 is 1.35 bits per heavy atom. The first-order valence-corrected chi connectivity index (χ1v) is 7.32. The summed E-state index contributed by atoms with van der Waals surface area (Å²) < 4.78 is 23.6. The highest BCUT2D eigenvalue weighted by Gasteiger charge is 2.25. The fraction of sp³-hybridized carbons (Fsp3) is 0.500. The molecule has 1 rings (SSSR count). The lowest BCUT2D eigenvalue weighted by Gasteiger charge is -2.23. The maximum Gasteiger partial charge on any atom is 0.408 e. The Balaban J connectivity index is 2.85. The SMILES string of the molecule is CCOC(=O)C(Cc1ccc(N)c(F)c1)NC(=O)OC(C)(C)C. The van der Waals surface area contributed by atoms with Gasteiger partial charge in [0, 0.05) is 6.42 Å². The Morgan fingerprint density at radius 3 is 2.52 bits per heavy atom. The normalized spacial score (nSPS) is 12.4. The summed E-state index contributed by atoms with van der Waals surface area (Å²) in [6, 6.07) is 3.23. The summed E-state index contributed by atoms with van der Waals surface area (Å²) in [6.45, 7) is 6.96. The van der Waals surface area contributed by atoms with E-state index in [2.05, 4.69) is 5.32 Å². The van der Waals surface area contributed by atoms with Gasteiger partial charge < -0.3 is 20.5 Å². The molecule has 0 saturated heterocycles. The second kappa shape index (κ2) is 7.80. The number of halogens is 1. The van der Waals surface area contributed by atoms with Crippen LogP contribution in [0, 0.1) is 5.82 Å². The highest BCUT2D eigenvalue weighted by Crippen LogP contribution is 2.14. The van der Waals surface area contributed by atoms with Crippen LogP contribution in [0.1, 0.15) is 33.3 Å². The van der Waals surface area contributed by atoms with Gasteiger partial charge in [0.05, 0.1) is 12.3 Å². The molecule has 3 N–H and O–H groups in total. The van der Waals surface area contributed by atoms with E-state index in [1.54, 1.807) is 33.8 Å². The highest BCUT2D eigenvalue weighted by molar-refractivity contribution is 5.81. The number of anilines is 1. The summed E-state index contributed by atoms with van der Waals surface area (Å²) >= 11 is 0. The average molecular weight is 326 g/mol. The fourth-order valence-electron chi connectivity index (χ4n) is 1.82. The summed E-state index contributed by atoms with van der Waals surface area (Å²) in [6.07, 6.45) is -0.679. The lowest BCUT2D eigenvalue weighted by Crippen LogP contribution is -2.45. The first-order valence-electron chi connectivity index (χ1n) is 7.32. The molecule has 0 radical (unpaired) electrons. The lowest BCUT2D eigenvalue weighted by atomic mass is 10.1. The predicted octanol–water partition coefficient (Wildman–Crippen LogP) is 2.41. The van der Waals surface area contributed by atoms with E-state index in [0.29, 0.717) is 5.56 Å². The van der Waals surface area contributed by atoms with Gasteiger partial charge in [-0.2, -0.15) is 0 Å². The van der Waals surface area contributed by atoms with Gasteiger partial charge in [0.15, 0.2) is 0 Å². The van der Waals surface area contributed by atoms with Crippen LogP contribution >= 0.6 is 0 Å². The Kier molecular flexibility index (Phi) is 6.36. The second-order valence-electron chi connectivity index (χ2n) is 6.01. The highest BCUT2D eigenvalue weighted by atomic mass is 19.1. The largest absolute Gasteiger partial charge is 0.464 e. The van der Waals surface area contributed by atoms with Crippen LogP contribution < -0.4 is 11.1 Å². The zero-order chi connectivity index (χ0) is 17.6. The van der Waals surface area contributed by atoms with Gasteiger partial charge in [-0.1, -0.05) is 6.07 Å². The van der Waals surface area contributed by atoms with Crippen LogP contribution in [0.15, 0.2) is 18.2 Å². The number of nitrogens with two attached hydrogens (primary N) is 1. The molecule has 1 atom stereocenters. The predicted molar refractivity (Wildman–Crippen MR) is 84.3 cm³/mol. The first-order chi connectivity index (χ1) is 10.6. The standard InChI is InChI=1S/C16H23FN2O4/c1-5-22-14(20)13(19-15(21)23-16(2,3)4)9-10-6-7-12(18)11(17)8-10/h6-8,13H,5,9,18H2,1-4H3,(H,19,21). The van der Waals surface area contributed by atoms with Gasteiger partial charge in [0.1, 0.15) is 17.5 Å². The Labute approximate surface area is 135 Å². The second-order valence-corrected chi connectivity index (χ2v) is 6.01. The summed E-state index contributed by atoms with van der Waals surface area (Å²) in [5, 5.41) is 2.45. The lowest BCUT2D eigenvalue weighted by molar-refractivity contribution is -0.145. The van der Waals surface area contributed by atoms with Crippen molar-refractivity contribution < 1.29 is 23.5 Å². The van der Waals surface area contributed by atoms with Crippen LogP contribution in [0.2, 0.25) is 0 Å². The molecule has 0 aliphatic carbocycles. The van der Waals surface area contributed by atoms with Crippen molar-refractivity contribution in [2.45, 2.75) is 45.8 Å². The van der Waals surface area contributed by atoms with Gasteiger partial charge >= 0.3 is 12.1 Å². The number of benzene rings is 1. The number of nitrogen functional groups attached to an aromatic ring is 1. The number of carbonyl (C=O) groups excluding carboxylic acids is 2. The van der Waals surface area contributed by atoms with Crippen LogP contribution in [0.25, 0.3) is 0 Å². The summed E-state index contributed by atoms with van der Waals surface area (Å²) in [5.74, 6) is -1.20. The molecule has 0 aromatic heterocycles. The van der Waals surface area contributed by atoms with Crippen molar-refractivity contribution in [2.24, 2.45) is 0 Å². The molecule has 1 aromatic carbocycles. The quantitative estimate of drug-likeness (QED) is 0.640. The van der Waals surface area contributed by atoms with Gasteiger partial charge in [-0.3, -0.25) is 0 Å². The molecule has 1 unspecified atom stereocenters. The zero-order valence-corrected chi connectivity index (χ0v) is 13.8. The number of carbonyl (C=O) groups is 2. The van der Waals surface area contributed by atoms with E-state index in [1.807, 2.05) is 0 Å². The van der Waals surface area contributed by atoms with Crippen molar-refractivity contribution in [1.82, 2.24) is 5.32 Å². The van der Waals surface area contributed by atoms with Crippen LogP contribution in [-0.4, -0.2) is 30.3 Å². The minimum atomic E-state index is -0.979. The molecule has 1 aromatic rings. The molecular weight excluding hydrogens is 303 g/mol. The van der Waals surface area contributed by atoms with E-state index >= 15 is 0 Å². The fourth-order valence-corrected chi connectivity index (χ4v) is 1.82. The molecular formula is C16H23FN2O4. The van der Waals surface area contributed by atoms with E-state index in [0.717, 1.165) is 0 Å². The molecule has 23 heavy (non-hydrogen) atoms. The summed E-state index contributed by atoms with van der Waals surface area (Å²) in [7, 11) is 0. The van der Waals surface area contributed by atoms with E-state index in [1.165, 1.54) is 12.1 Å². The third kappa shape index (κ3) is 6.54. The molecule has 128 valence electrons. The monoisotopic (exact) mass is 326 g/mol. The number of rotatable bonds is 5. The summed E-state index contributed by atoms with van der Waals surface area (Å²) in [5.41, 5.74) is 5.24. The Morgan fingerprint density at radius 2 is 2.00 bits per heavy atom. The molecule has 0 bridgehead atoms. The topological polar surface area (TPSA) is 90.6 Å². The molecule has 0 heterocycles. The van der Waals surface area contributed by atoms with E-state index < -0.39 is 29.5 Å². The minimum absolute atomic E-state index is 0.0153. The first kappa shape index (κ1) is 18.7. The number of alkyl carbamates (subject to hydrolysis) is 1. The van der Waals surface area contributed by atoms with Gasteiger partial charge in [0.25, 0.3) is 0 Å². The molecule has 0 fully saturated rings. The number of ether oxygens (including phenoxy) is 2. The minimum Gasteiger partial charge on any atom is -0.464 e. The van der Waals surface area contributed by atoms with Crippen LogP contribution in [0.3, 0.4) is 0 Å². The van der Waals surface area contributed by atoms with Crippen molar-refractivity contribution in [3.05, 3.63) is 29.6 Å². The Hall–Kier alpha value is -2.31. The van der Waals surface area contributed by atoms with Crippen molar-refractivity contribution >= 4 is 17.7 Å². The number of nitrogens with one attached hydrogen (secondary N) is 1. The van der Waals surface area contributed by atoms with Crippen molar-refractivity contribution in [1.29, 1.82) is 0 Å². The number of esters is 1. The molecule has 0 aliphatic heterocycles. The van der Waals surface area contributed by atoms with Gasteiger partial charge in [-0.05, 0) is 45.4 Å². The van der Waals surface area contributed by atoms with Crippen molar-refractivity contribution in [2.75, 3.05) is 12.3 Å². The van der Waals surface area contributed by atoms with Crippen LogP contribution in [0.4, 0.5) is 14.9 Å². The average Bonchev–Trinajstić information content (AvgIpc) is 2.40. The van der Waals surface area contributed by atoms with E-state index in [4.69, 9.17) is 15.2 Å². The van der Waals surface area contributed by atoms with Crippen molar-refractivity contribution in [3.63, 3.8) is 0 Å². The van der Waals surface area contributed by atoms with Gasteiger partial charge in [-0.15, -0.1) is 0 Å².